The minimum Gasteiger partial charge on any atom is -0.357 e. The van der Waals surface area contributed by atoms with Crippen LogP contribution in [0.2, 0.25) is 0 Å². The molecule has 1 saturated carbocycles. The molecule has 2 N–H and O–H groups in total. The number of aromatic nitrogens is 1. The van der Waals surface area contributed by atoms with Crippen LogP contribution in [-0.4, -0.2) is 30.1 Å². The molecule has 2 rings (SSSR count). The molecule has 124 valence electrons. The van der Waals surface area contributed by atoms with E-state index in [-0.39, 0.29) is 24.0 Å². The third-order valence-electron chi connectivity index (χ3n) is 3.93. The van der Waals surface area contributed by atoms with E-state index >= 15 is 0 Å². The fraction of sp³-hybridized carbons (Fsp3) is 0.647. The van der Waals surface area contributed by atoms with Crippen LogP contribution >= 0.6 is 24.0 Å². The molecule has 0 aromatic carbocycles. The summed E-state index contributed by atoms with van der Waals surface area (Å²) in [5, 5.41) is 6.92. The second kappa shape index (κ2) is 10.8. The Bertz CT molecular complexity index is 438. The lowest BCUT2D eigenvalue weighted by atomic mass is 9.96. The van der Waals surface area contributed by atoms with Crippen LogP contribution in [0.15, 0.2) is 23.3 Å². The quantitative estimate of drug-likeness (QED) is 0.439. The lowest BCUT2D eigenvalue weighted by Crippen LogP contribution is -2.44. The van der Waals surface area contributed by atoms with Crippen molar-refractivity contribution in [2.45, 2.75) is 58.4 Å². The van der Waals surface area contributed by atoms with Gasteiger partial charge in [0, 0.05) is 31.0 Å². The van der Waals surface area contributed by atoms with Crippen molar-refractivity contribution < 1.29 is 0 Å². The van der Waals surface area contributed by atoms with Crippen LogP contribution in [0.25, 0.3) is 0 Å². The molecule has 22 heavy (non-hydrogen) atoms. The highest BCUT2D eigenvalue weighted by Crippen LogP contribution is 2.17. The van der Waals surface area contributed by atoms with E-state index < -0.39 is 0 Å². The summed E-state index contributed by atoms with van der Waals surface area (Å²) >= 11 is 0. The Kier molecular flexibility index (Phi) is 9.43. The van der Waals surface area contributed by atoms with Crippen LogP contribution < -0.4 is 10.6 Å². The standard InChI is InChI=1S/C17H28N4.HI/c1-3-18-17(21-16-7-5-4-6-8-16)19-12-11-15-10-9-14(2)20-13-15;/h9-10,13,16H,3-8,11-12H2,1-2H3,(H2,18,19,21);1H. The first-order chi connectivity index (χ1) is 10.3. The largest absolute Gasteiger partial charge is 0.357 e. The second-order valence-corrected chi connectivity index (χ2v) is 5.80. The van der Waals surface area contributed by atoms with Crippen molar-refractivity contribution in [2.24, 2.45) is 4.99 Å². The van der Waals surface area contributed by atoms with Gasteiger partial charge in [0.2, 0.25) is 0 Å². The summed E-state index contributed by atoms with van der Waals surface area (Å²) in [6.45, 7) is 5.83. The average molecular weight is 416 g/mol. The Morgan fingerprint density at radius 3 is 2.68 bits per heavy atom. The van der Waals surface area contributed by atoms with Gasteiger partial charge >= 0.3 is 0 Å². The molecule has 5 heteroatoms. The zero-order valence-electron chi connectivity index (χ0n) is 13.8. The van der Waals surface area contributed by atoms with Crippen LogP contribution in [0.3, 0.4) is 0 Å². The molecule has 0 saturated heterocycles. The Morgan fingerprint density at radius 1 is 1.27 bits per heavy atom. The van der Waals surface area contributed by atoms with Crippen molar-refractivity contribution in [3.05, 3.63) is 29.6 Å². The molecule has 1 fully saturated rings. The number of hydrogen-bond acceptors (Lipinski definition) is 2. The van der Waals surface area contributed by atoms with Crippen molar-refractivity contribution in [2.75, 3.05) is 13.1 Å². The molecule has 1 aliphatic carbocycles. The Hall–Kier alpha value is -0.850. The zero-order valence-corrected chi connectivity index (χ0v) is 16.1. The van der Waals surface area contributed by atoms with Crippen molar-refractivity contribution >= 4 is 29.9 Å². The first kappa shape index (κ1) is 19.2. The third-order valence-corrected chi connectivity index (χ3v) is 3.93. The van der Waals surface area contributed by atoms with E-state index in [1.54, 1.807) is 0 Å². The highest BCUT2D eigenvalue weighted by atomic mass is 127. The smallest absolute Gasteiger partial charge is 0.191 e. The predicted octanol–water partition coefficient (Wildman–Crippen LogP) is 3.44. The number of aryl methyl sites for hydroxylation is 1. The van der Waals surface area contributed by atoms with Gasteiger partial charge in [0.05, 0.1) is 0 Å². The van der Waals surface area contributed by atoms with Crippen molar-refractivity contribution in [1.29, 1.82) is 0 Å². The predicted molar refractivity (Wildman–Crippen MR) is 104 cm³/mol. The number of nitrogens with zero attached hydrogens (tertiary/aromatic N) is 2. The van der Waals surface area contributed by atoms with E-state index in [1.165, 1.54) is 37.7 Å². The van der Waals surface area contributed by atoms with E-state index in [0.29, 0.717) is 6.04 Å². The number of aliphatic imine (C=N–C) groups is 1. The molecule has 1 heterocycles. The molecule has 0 bridgehead atoms. The molecule has 0 unspecified atom stereocenters. The summed E-state index contributed by atoms with van der Waals surface area (Å²) in [6, 6.07) is 4.79. The lowest BCUT2D eigenvalue weighted by molar-refractivity contribution is 0.410. The van der Waals surface area contributed by atoms with Crippen LogP contribution in [0, 0.1) is 6.92 Å². The Labute approximate surface area is 151 Å². The Morgan fingerprint density at radius 2 is 2.05 bits per heavy atom. The van der Waals surface area contributed by atoms with Crippen molar-refractivity contribution in [3.8, 4) is 0 Å². The molecule has 1 aromatic heterocycles. The van der Waals surface area contributed by atoms with E-state index in [1.807, 2.05) is 13.1 Å². The molecule has 0 amide bonds. The minimum atomic E-state index is 0. The summed E-state index contributed by atoms with van der Waals surface area (Å²) in [4.78, 5) is 9.02. The normalized spacial score (nSPS) is 16.0. The average Bonchev–Trinajstić information content (AvgIpc) is 2.50. The summed E-state index contributed by atoms with van der Waals surface area (Å²) in [7, 11) is 0. The highest BCUT2D eigenvalue weighted by Gasteiger charge is 2.14. The van der Waals surface area contributed by atoms with Crippen molar-refractivity contribution in [1.82, 2.24) is 15.6 Å². The SMILES string of the molecule is CCNC(=NCCc1ccc(C)nc1)NC1CCCCC1.I. The summed E-state index contributed by atoms with van der Waals surface area (Å²) in [5.74, 6) is 0.962. The first-order valence-electron chi connectivity index (χ1n) is 8.24. The van der Waals surface area contributed by atoms with Gasteiger partial charge in [-0.05, 0) is 44.7 Å². The maximum absolute atomic E-state index is 4.69. The molecule has 0 aliphatic heterocycles. The first-order valence-corrected chi connectivity index (χ1v) is 8.24. The molecule has 1 aliphatic rings. The fourth-order valence-corrected chi connectivity index (χ4v) is 2.70. The van der Waals surface area contributed by atoms with Crippen LogP contribution in [0.4, 0.5) is 0 Å². The number of hydrogen-bond donors (Lipinski definition) is 2. The van der Waals surface area contributed by atoms with Crippen LogP contribution in [0.1, 0.15) is 50.3 Å². The maximum atomic E-state index is 4.69. The molecule has 0 atom stereocenters. The van der Waals surface area contributed by atoms with Crippen LogP contribution in [0.5, 0.6) is 0 Å². The molecule has 4 nitrogen and oxygen atoms in total. The third kappa shape index (κ3) is 6.94. The van der Waals surface area contributed by atoms with Crippen molar-refractivity contribution in [3.63, 3.8) is 0 Å². The van der Waals surface area contributed by atoms with E-state index in [0.717, 1.165) is 31.2 Å². The fourth-order valence-electron chi connectivity index (χ4n) is 2.70. The molecular formula is C17H29IN4. The van der Waals surface area contributed by atoms with Gasteiger partial charge in [-0.25, -0.2) is 0 Å². The van der Waals surface area contributed by atoms with Gasteiger partial charge in [-0.2, -0.15) is 0 Å². The minimum absolute atomic E-state index is 0. The summed E-state index contributed by atoms with van der Waals surface area (Å²) < 4.78 is 0. The second-order valence-electron chi connectivity index (χ2n) is 5.80. The van der Waals surface area contributed by atoms with Gasteiger partial charge in [-0.1, -0.05) is 25.3 Å². The molecule has 0 radical (unpaired) electrons. The monoisotopic (exact) mass is 416 g/mol. The van der Waals surface area contributed by atoms with E-state index in [9.17, 15) is 0 Å². The zero-order chi connectivity index (χ0) is 14.9. The maximum Gasteiger partial charge on any atom is 0.191 e. The van der Waals surface area contributed by atoms with Gasteiger partial charge in [-0.3, -0.25) is 9.98 Å². The molecule has 1 aromatic rings. The number of nitrogens with one attached hydrogen (secondary N) is 2. The number of pyridine rings is 1. The highest BCUT2D eigenvalue weighted by molar-refractivity contribution is 14.0. The van der Waals surface area contributed by atoms with Crippen LogP contribution in [-0.2, 0) is 6.42 Å². The van der Waals surface area contributed by atoms with Gasteiger partial charge < -0.3 is 10.6 Å². The molecule has 0 spiro atoms. The lowest BCUT2D eigenvalue weighted by Gasteiger charge is -2.24. The number of guanidine groups is 1. The number of halogens is 1. The summed E-state index contributed by atoms with van der Waals surface area (Å²) in [5.41, 5.74) is 2.31. The Balaban J connectivity index is 0.00000242. The van der Waals surface area contributed by atoms with Gasteiger partial charge in [-0.15, -0.1) is 24.0 Å². The number of rotatable bonds is 5. The van der Waals surface area contributed by atoms with E-state index in [4.69, 9.17) is 4.99 Å². The topological polar surface area (TPSA) is 49.3 Å². The summed E-state index contributed by atoms with van der Waals surface area (Å²) in [6.07, 6.45) is 9.49. The van der Waals surface area contributed by atoms with E-state index in [2.05, 4.69) is 34.7 Å². The van der Waals surface area contributed by atoms with Gasteiger partial charge in [0.15, 0.2) is 5.96 Å². The van der Waals surface area contributed by atoms with Gasteiger partial charge in [0.1, 0.15) is 0 Å². The molecular weight excluding hydrogens is 387 g/mol. The van der Waals surface area contributed by atoms with Gasteiger partial charge in [0.25, 0.3) is 0 Å².